The normalized spacial score (nSPS) is 31.8. The Hall–Kier alpha value is -0.810. The van der Waals surface area contributed by atoms with E-state index in [1.807, 2.05) is 20.8 Å². The summed E-state index contributed by atoms with van der Waals surface area (Å²) < 4.78 is 5.40. The smallest absolute Gasteiger partial charge is 0.410 e. The highest BCUT2D eigenvalue weighted by molar-refractivity contribution is 5.68. The topological polar surface area (TPSA) is 67.6 Å². The molecule has 0 radical (unpaired) electrons. The summed E-state index contributed by atoms with van der Waals surface area (Å²) in [7, 11) is 0. The molecule has 0 aromatic carbocycles. The fourth-order valence-corrected chi connectivity index (χ4v) is 2.89. The second-order valence-corrected chi connectivity index (χ2v) is 6.85. The SMILES string of the molecule is CC(C)(C)OC(=O)N1CCC(NC2CCC(N)C2)C1. The number of likely N-dealkylation sites (tertiary alicyclic amines) is 1. The minimum Gasteiger partial charge on any atom is -0.444 e. The first-order valence-electron chi connectivity index (χ1n) is 7.33. The number of ether oxygens (including phenoxy) is 1. The molecule has 1 saturated heterocycles. The molecule has 110 valence electrons. The van der Waals surface area contributed by atoms with Gasteiger partial charge in [0.1, 0.15) is 5.60 Å². The first-order valence-corrected chi connectivity index (χ1v) is 7.33. The van der Waals surface area contributed by atoms with E-state index in [2.05, 4.69) is 5.32 Å². The van der Waals surface area contributed by atoms with Crippen molar-refractivity contribution in [2.45, 2.75) is 70.2 Å². The average Bonchev–Trinajstić information content (AvgIpc) is 2.86. The zero-order valence-corrected chi connectivity index (χ0v) is 12.3. The van der Waals surface area contributed by atoms with Crippen LogP contribution in [0.3, 0.4) is 0 Å². The zero-order valence-electron chi connectivity index (χ0n) is 12.3. The lowest BCUT2D eigenvalue weighted by molar-refractivity contribution is 0.0290. The Balaban J connectivity index is 1.75. The molecule has 1 aliphatic carbocycles. The van der Waals surface area contributed by atoms with E-state index in [0.717, 1.165) is 38.8 Å². The number of nitrogens with zero attached hydrogens (tertiary/aromatic N) is 1. The van der Waals surface area contributed by atoms with E-state index in [-0.39, 0.29) is 6.09 Å². The lowest BCUT2D eigenvalue weighted by atomic mass is 10.2. The van der Waals surface area contributed by atoms with Gasteiger partial charge in [0.15, 0.2) is 0 Å². The van der Waals surface area contributed by atoms with Crippen LogP contribution in [0.4, 0.5) is 4.79 Å². The van der Waals surface area contributed by atoms with E-state index in [4.69, 9.17) is 10.5 Å². The molecule has 1 saturated carbocycles. The fraction of sp³-hybridized carbons (Fsp3) is 0.929. The molecule has 2 aliphatic rings. The molecule has 3 N–H and O–H groups in total. The molecule has 0 aromatic heterocycles. The van der Waals surface area contributed by atoms with Crippen LogP contribution < -0.4 is 11.1 Å². The third-order valence-electron chi connectivity index (χ3n) is 3.78. The Morgan fingerprint density at radius 2 is 2.00 bits per heavy atom. The monoisotopic (exact) mass is 269 g/mol. The molecule has 3 unspecified atom stereocenters. The lowest BCUT2D eigenvalue weighted by Crippen LogP contribution is -2.41. The number of rotatable bonds is 2. The maximum Gasteiger partial charge on any atom is 0.410 e. The van der Waals surface area contributed by atoms with Crippen LogP contribution in [0.1, 0.15) is 46.5 Å². The zero-order chi connectivity index (χ0) is 14.0. The molecule has 1 heterocycles. The molecule has 2 fully saturated rings. The molecule has 1 aliphatic heterocycles. The molecule has 5 heteroatoms. The Labute approximate surface area is 115 Å². The molecule has 0 aromatic rings. The van der Waals surface area contributed by atoms with Crippen molar-refractivity contribution in [3.05, 3.63) is 0 Å². The largest absolute Gasteiger partial charge is 0.444 e. The van der Waals surface area contributed by atoms with Gasteiger partial charge in [-0.05, 0) is 46.5 Å². The first-order chi connectivity index (χ1) is 8.83. The molecule has 5 nitrogen and oxygen atoms in total. The van der Waals surface area contributed by atoms with E-state index in [0.29, 0.717) is 18.1 Å². The van der Waals surface area contributed by atoms with Crippen molar-refractivity contribution >= 4 is 6.09 Å². The van der Waals surface area contributed by atoms with Crippen LogP contribution in [0.25, 0.3) is 0 Å². The summed E-state index contributed by atoms with van der Waals surface area (Å²) in [5.74, 6) is 0. The highest BCUT2D eigenvalue weighted by atomic mass is 16.6. The third-order valence-corrected chi connectivity index (χ3v) is 3.78. The first kappa shape index (κ1) is 14.6. The maximum atomic E-state index is 12.0. The van der Waals surface area contributed by atoms with Gasteiger partial charge in [0, 0.05) is 31.2 Å². The highest BCUT2D eigenvalue weighted by Gasteiger charge is 2.32. The van der Waals surface area contributed by atoms with E-state index in [9.17, 15) is 4.79 Å². The van der Waals surface area contributed by atoms with Gasteiger partial charge in [-0.3, -0.25) is 0 Å². The molecule has 2 rings (SSSR count). The lowest BCUT2D eigenvalue weighted by Gasteiger charge is -2.25. The molecule has 3 atom stereocenters. The minimum atomic E-state index is -0.416. The Kier molecular flexibility index (Phi) is 4.36. The van der Waals surface area contributed by atoms with Crippen molar-refractivity contribution in [2.75, 3.05) is 13.1 Å². The molecule has 0 bridgehead atoms. The summed E-state index contributed by atoms with van der Waals surface area (Å²) in [6.45, 7) is 7.23. The maximum absolute atomic E-state index is 12.0. The van der Waals surface area contributed by atoms with Crippen LogP contribution in [0.2, 0.25) is 0 Å². The van der Waals surface area contributed by atoms with Crippen LogP contribution in [-0.4, -0.2) is 47.8 Å². The second-order valence-electron chi connectivity index (χ2n) is 6.85. The van der Waals surface area contributed by atoms with Crippen LogP contribution in [-0.2, 0) is 4.74 Å². The molecule has 19 heavy (non-hydrogen) atoms. The Morgan fingerprint density at radius 3 is 2.58 bits per heavy atom. The number of hydrogen-bond donors (Lipinski definition) is 2. The van der Waals surface area contributed by atoms with Crippen molar-refractivity contribution in [1.82, 2.24) is 10.2 Å². The van der Waals surface area contributed by atoms with Crippen LogP contribution in [0.15, 0.2) is 0 Å². The van der Waals surface area contributed by atoms with Gasteiger partial charge in [-0.15, -0.1) is 0 Å². The van der Waals surface area contributed by atoms with E-state index in [1.54, 1.807) is 4.90 Å². The predicted molar refractivity (Wildman–Crippen MR) is 75.0 cm³/mol. The number of nitrogens with one attached hydrogen (secondary N) is 1. The average molecular weight is 269 g/mol. The van der Waals surface area contributed by atoms with E-state index >= 15 is 0 Å². The van der Waals surface area contributed by atoms with Gasteiger partial charge < -0.3 is 20.7 Å². The molecule has 1 amide bonds. The van der Waals surface area contributed by atoms with Gasteiger partial charge in [-0.25, -0.2) is 4.79 Å². The highest BCUT2D eigenvalue weighted by Crippen LogP contribution is 2.20. The standard InChI is InChI=1S/C14H27N3O2/c1-14(2,3)19-13(18)17-7-6-12(9-17)16-11-5-4-10(15)8-11/h10-12,16H,4-9,15H2,1-3H3. The van der Waals surface area contributed by atoms with E-state index in [1.165, 1.54) is 0 Å². The number of amides is 1. The fourth-order valence-electron chi connectivity index (χ4n) is 2.89. The number of hydrogen-bond acceptors (Lipinski definition) is 4. The number of carbonyl (C=O) groups excluding carboxylic acids is 1. The van der Waals surface area contributed by atoms with Crippen molar-refractivity contribution in [3.8, 4) is 0 Å². The van der Waals surface area contributed by atoms with Gasteiger partial charge in [-0.2, -0.15) is 0 Å². The van der Waals surface area contributed by atoms with Crippen LogP contribution >= 0.6 is 0 Å². The summed E-state index contributed by atoms with van der Waals surface area (Å²) in [6.07, 6.45) is 4.14. The minimum absolute atomic E-state index is 0.195. The van der Waals surface area contributed by atoms with Crippen molar-refractivity contribution in [1.29, 1.82) is 0 Å². The Morgan fingerprint density at radius 1 is 1.26 bits per heavy atom. The summed E-state index contributed by atoms with van der Waals surface area (Å²) in [5.41, 5.74) is 5.50. The van der Waals surface area contributed by atoms with Gasteiger partial charge in [0.05, 0.1) is 0 Å². The van der Waals surface area contributed by atoms with Crippen LogP contribution in [0, 0.1) is 0 Å². The second kappa shape index (κ2) is 5.67. The quantitative estimate of drug-likeness (QED) is 0.796. The van der Waals surface area contributed by atoms with Gasteiger partial charge in [-0.1, -0.05) is 0 Å². The third kappa shape index (κ3) is 4.35. The summed E-state index contributed by atoms with van der Waals surface area (Å²) in [6, 6.07) is 1.27. The van der Waals surface area contributed by atoms with Gasteiger partial charge in [0.25, 0.3) is 0 Å². The molecule has 0 spiro atoms. The summed E-state index contributed by atoms with van der Waals surface area (Å²) in [5, 5.41) is 3.63. The predicted octanol–water partition coefficient (Wildman–Crippen LogP) is 1.47. The van der Waals surface area contributed by atoms with Crippen molar-refractivity contribution in [2.24, 2.45) is 5.73 Å². The Bertz CT molecular complexity index is 327. The summed E-state index contributed by atoms with van der Waals surface area (Å²) >= 11 is 0. The van der Waals surface area contributed by atoms with Gasteiger partial charge >= 0.3 is 6.09 Å². The molecular formula is C14H27N3O2. The number of nitrogens with two attached hydrogens (primary N) is 1. The van der Waals surface area contributed by atoms with Crippen LogP contribution in [0.5, 0.6) is 0 Å². The number of carbonyl (C=O) groups is 1. The summed E-state index contributed by atoms with van der Waals surface area (Å²) in [4.78, 5) is 13.8. The van der Waals surface area contributed by atoms with Gasteiger partial charge in [0.2, 0.25) is 0 Å². The van der Waals surface area contributed by atoms with Crippen molar-refractivity contribution in [3.63, 3.8) is 0 Å². The van der Waals surface area contributed by atoms with E-state index < -0.39 is 5.60 Å². The molecular weight excluding hydrogens is 242 g/mol. The van der Waals surface area contributed by atoms with Crippen molar-refractivity contribution < 1.29 is 9.53 Å².